The van der Waals surface area contributed by atoms with Crippen molar-refractivity contribution in [3.8, 4) is 0 Å². The van der Waals surface area contributed by atoms with E-state index in [4.69, 9.17) is 16.6 Å². The number of aliphatic imine (C=N–C) groups is 1. The normalized spacial score (nSPS) is 19.4. The van der Waals surface area contributed by atoms with Crippen molar-refractivity contribution in [2.24, 2.45) is 16.5 Å². The Morgan fingerprint density at radius 3 is 2.32 bits per heavy atom. The number of hydrogen-bond donors (Lipinski definition) is 8. The van der Waals surface area contributed by atoms with Crippen LogP contribution in [0.5, 0.6) is 0 Å². The van der Waals surface area contributed by atoms with Crippen molar-refractivity contribution in [3.05, 3.63) is 0 Å². The summed E-state index contributed by atoms with van der Waals surface area (Å²) in [5.74, 6) is -3.27. The van der Waals surface area contributed by atoms with Crippen molar-refractivity contribution in [3.63, 3.8) is 0 Å². The van der Waals surface area contributed by atoms with E-state index in [1.165, 1.54) is 13.8 Å². The third kappa shape index (κ3) is 9.17. The van der Waals surface area contributed by atoms with Crippen LogP contribution in [0.1, 0.15) is 39.5 Å². The molecule has 1 aliphatic rings. The van der Waals surface area contributed by atoms with Gasteiger partial charge in [-0.3, -0.25) is 24.2 Å². The van der Waals surface area contributed by atoms with E-state index < -0.39 is 48.1 Å². The van der Waals surface area contributed by atoms with Crippen LogP contribution in [0.15, 0.2) is 4.99 Å². The van der Waals surface area contributed by atoms with E-state index >= 15 is 0 Å². The Morgan fingerprint density at radius 2 is 1.81 bits per heavy atom. The predicted octanol–water partition coefficient (Wildman–Crippen LogP) is -3.27. The van der Waals surface area contributed by atoms with Gasteiger partial charge in [0.25, 0.3) is 0 Å². The average molecular weight is 444 g/mol. The van der Waals surface area contributed by atoms with Gasteiger partial charge in [-0.2, -0.15) is 0 Å². The maximum absolute atomic E-state index is 12.8. The molecule has 13 heteroatoms. The molecule has 0 saturated carbocycles. The minimum Gasteiger partial charge on any atom is -0.480 e. The number of carbonyl (C=O) groups is 4. The second kappa shape index (κ2) is 12.7. The van der Waals surface area contributed by atoms with E-state index in [9.17, 15) is 24.3 Å². The summed E-state index contributed by atoms with van der Waals surface area (Å²) in [7, 11) is 0. The molecule has 5 unspecified atom stereocenters. The van der Waals surface area contributed by atoms with Crippen LogP contribution in [0.3, 0.4) is 0 Å². The zero-order valence-corrected chi connectivity index (χ0v) is 17.8. The third-order valence-electron chi connectivity index (χ3n) is 4.75. The Labute approximate surface area is 180 Å². The fraction of sp³-hybridized carbons (Fsp3) is 0.722. The number of aliphatic hydroxyl groups excluding tert-OH is 1. The summed E-state index contributed by atoms with van der Waals surface area (Å²) in [5.41, 5.74) is 10.6. The van der Waals surface area contributed by atoms with E-state index in [2.05, 4.69) is 26.3 Å². The third-order valence-corrected chi connectivity index (χ3v) is 4.75. The zero-order valence-electron chi connectivity index (χ0n) is 17.8. The van der Waals surface area contributed by atoms with Gasteiger partial charge in [-0.1, -0.05) is 0 Å². The highest BCUT2D eigenvalue weighted by Crippen LogP contribution is 2.07. The first kappa shape index (κ1) is 26.1. The second-order valence-electron chi connectivity index (χ2n) is 7.45. The number of carbonyl (C=O) groups excluding carboxylic acids is 3. The summed E-state index contributed by atoms with van der Waals surface area (Å²) in [6.45, 7) is 3.47. The van der Waals surface area contributed by atoms with Crippen molar-refractivity contribution >= 4 is 29.7 Å². The standard InChI is InChI=1S/C18H33N7O6/c1-9(17(30)31)23-16(29)13(10(2)26)25-15(28)12(6-4-8-22-18(19)20)24-14(27)11-5-3-7-21-11/h9-13,21,26H,3-8H2,1-2H3,(H,23,29)(H,24,27)(H,25,28)(H,30,31)(H4,19,20,22). The molecule has 1 aliphatic heterocycles. The number of hydrogen-bond acceptors (Lipinski definition) is 7. The molecule has 1 saturated heterocycles. The molecule has 10 N–H and O–H groups in total. The molecule has 5 atom stereocenters. The van der Waals surface area contributed by atoms with Gasteiger partial charge in [0.2, 0.25) is 17.7 Å². The summed E-state index contributed by atoms with van der Waals surface area (Å²) in [5, 5.41) is 29.1. The molecule has 0 aromatic rings. The fourth-order valence-corrected chi connectivity index (χ4v) is 2.98. The first-order chi connectivity index (χ1) is 14.5. The summed E-state index contributed by atoms with van der Waals surface area (Å²) in [6, 6.07) is -4.04. The summed E-state index contributed by atoms with van der Waals surface area (Å²) < 4.78 is 0. The largest absolute Gasteiger partial charge is 0.480 e. The first-order valence-corrected chi connectivity index (χ1v) is 10.1. The van der Waals surface area contributed by atoms with Crippen molar-refractivity contribution in [1.29, 1.82) is 0 Å². The molecule has 0 bridgehead atoms. The lowest BCUT2D eigenvalue weighted by atomic mass is 10.1. The number of nitrogens with one attached hydrogen (secondary N) is 4. The van der Waals surface area contributed by atoms with Gasteiger partial charge in [0.1, 0.15) is 18.1 Å². The number of nitrogens with two attached hydrogens (primary N) is 2. The van der Waals surface area contributed by atoms with Gasteiger partial charge in [-0.05, 0) is 46.1 Å². The van der Waals surface area contributed by atoms with Gasteiger partial charge >= 0.3 is 5.97 Å². The predicted molar refractivity (Wildman–Crippen MR) is 112 cm³/mol. The molecule has 0 aromatic carbocycles. The van der Waals surface area contributed by atoms with Crippen LogP contribution >= 0.6 is 0 Å². The van der Waals surface area contributed by atoms with Crippen molar-refractivity contribution in [2.75, 3.05) is 13.1 Å². The highest BCUT2D eigenvalue weighted by Gasteiger charge is 2.32. The Morgan fingerprint density at radius 1 is 1.13 bits per heavy atom. The molecule has 1 fully saturated rings. The molecule has 3 amide bonds. The fourth-order valence-electron chi connectivity index (χ4n) is 2.98. The van der Waals surface area contributed by atoms with Gasteiger partial charge in [0.15, 0.2) is 5.96 Å². The molecule has 31 heavy (non-hydrogen) atoms. The van der Waals surface area contributed by atoms with Crippen LogP contribution in [0.25, 0.3) is 0 Å². The summed E-state index contributed by atoms with van der Waals surface area (Å²) >= 11 is 0. The van der Waals surface area contributed by atoms with E-state index in [-0.39, 0.29) is 24.8 Å². The number of carboxylic acids is 1. The Bertz CT molecular complexity index is 674. The number of nitrogens with zero attached hydrogens (tertiary/aromatic N) is 1. The van der Waals surface area contributed by atoms with Crippen LogP contribution < -0.4 is 32.7 Å². The molecule has 1 rings (SSSR count). The maximum Gasteiger partial charge on any atom is 0.325 e. The number of carboxylic acid groups (broad SMARTS) is 1. The number of rotatable bonds is 12. The molecular weight excluding hydrogens is 410 g/mol. The maximum atomic E-state index is 12.8. The van der Waals surface area contributed by atoms with E-state index in [1.54, 1.807) is 0 Å². The van der Waals surface area contributed by atoms with Crippen LogP contribution in [0, 0.1) is 0 Å². The zero-order chi connectivity index (χ0) is 23.6. The van der Waals surface area contributed by atoms with Crippen molar-refractivity contribution in [1.82, 2.24) is 21.3 Å². The average Bonchev–Trinajstić information content (AvgIpc) is 3.22. The van der Waals surface area contributed by atoms with Crippen molar-refractivity contribution < 1.29 is 29.4 Å². The number of amides is 3. The number of aliphatic hydroxyl groups is 1. The SMILES string of the molecule is CC(NC(=O)C(NC(=O)C(CCCN=C(N)N)NC(=O)C1CCCN1)C(C)O)C(=O)O. The van der Waals surface area contributed by atoms with Gasteiger partial charge in [-0.25, -0.2) is 0 Å². The molecule has 0 spiro atoms. The molecule has 0 aromatic heterocycles. The highest BCUT2D eigenvalue weighted by molar-refractivity contribution is 5.94. The van der Waals surface area contributed by atoms with Crippen LogP contribution in [0.4, 0.5) is 0 Å². The number of aliphatic carboxylic acids is 1. The van der Waals surface area contributed by atoms with Gasteiger partial charge in [0, 0.05) is 6.54 Å². The lowest BCUT2D eigenvalue weighted by Gasteiger charge is -2.26. The first-order valence-electron chi connectivity index (χ1n) is 10.1. The van der Waals surface area contributed by atoms with Gasteiger partial charge < -0.3 is 42.9 Å². The van der Waals surface area contributed by atoms with Gasteiger partial charge in [0.05, 0.1) is 12.1 Å². The van der Waals surface area contributed by atoms with Crippen molar-refractivity contribution in [2.45, 2.75) is 69.8 Å². The highest BCUT2D eigenvalue weighted by atomic mass is 16.4. The quantitative estimate of drug-likeness (QED) is 0.0859. The molecule has 176 valence electrons. The summed E-state index contributed by atoms with van der Waals surface area (Å²) in [4.78, 5) is 52.4. The monoisotopic (exact) mass is 443 g/mol. The molecule has 1 heterocycles. The van der Waals surface area contributed by atoms with Crippen LogP contribution in [-0.2, 0) is 19.2 Å². The topological polar surface area (TPSA) is 221 Å². The number of guanidine groups is 1. The van der Waals surface area contributed by atoms with Crippen LogP contribution in [0.2, 0.25) is 0 Å². The minimum atomic E-state index is -1.41. The minimum absolute atomic E-state index is 0.0985. The second-order valence-corrected chi connectivity index (χ2v) is 7.45. The molecule has 13 nitrogen and oxygen atoms in total. The molecular formula is C18H33N7O6. The molecule has 0 aliphatic carbocycles. The Kier molecular flexibility index (Phi) is 10.7. The van der Waals surface area contributed by atoms with Gasteiger partial charge in [-0.15, -0.1) is 0 Å². The van der Waals surface area contributed by atoms with E-state index in [0.29, 0.717) is 19.4 Å². The molecule has 0 radical (unpaired) electrons. The lowest BCUT2D eigenvalue weighted by Crippen LogP contribution is -2.59. The Hall–Kier alpha value is -2.93. The van der Waals surface area contributed by atoms with Crippen LogP contribution in [-0.4, -0.2) is 83.2 Å². The Balaban J connectivity index is 2.85. The van der Waals surface area contributed by atoms with E-state index in [0.717, 1.165) is 6.42 Å². The van der Waals surface area contributed by atoms with E-state index in [1.807, 2.05) is 0 Å². The summed E-state index contributed by atoms with van der Waals surface area (Å²) in [6.07, 6.45) is 0.724. The smallest absolute Gasteiger partial charge is 0.325 e. The lowest BCUT2D eigenvalue weighted by molar-refractivity contribution is -0.142.